The number of rotatable bonds is 5. The monoisotopic (exact) mass is 515 g/mol. The Labute approximate surface area is 227 Å². The Kier molecular flexibility index (Phi) is 7.09. The van der Waals surface area contributed by atoms with E-state index in [2.05, 4.69) is 33.7 Å². The SMILES string of the molecule is CN1CCN(CCOc2cccc(C#Cc3ccc4c(=O)cc(-c5cc6ccccc6cn5)oc4c3)c2)CC1. The number of hydrogen-bond donors (Lipinski definition) is 0. The summed E-state index contributed by atoms with van der Waals surface area (Å²) in [5.41, 5.74) is 2.62. The van der Waals surface area contributed by atoms with Crippen LogP contribution in [0.25, 0.3) is 33.2 Å². The first-order valence-electron chi connectivity index (χ1n) is 13.2. The average molecular weight is 516 g/mol. The molecule has 0 bridgehead atoms. The molecule has 0 amide bonds. The Morgan fingerprint density at radius 1 is 0.872 bits per heavy atom. The second-order valence-corrected chi connectivity index (χ2v) is 9.87. The van der Waals surface area contributed by atoms with Crippen LogP contribution in [0, 0.1) is 11.8 Å². The Morgan fingerprint density at radius 3 is 2.51 bits per heavy atom. The van der Waals surface area contributed by atoms with Gasteiger partial charge in [0.25, 0.3) is 0 Å². The molecule has 1 aliphatic heterocycles. The van der Waals surface area contributed by atoms with Gasteiger partial charge in [0.1, 0.15) is 23.6 Å². The fraction of sp³-hybridized carbons (Fsp3) is 0.212. The number of likely N-dealkylation sites (N-methyl/N-ethyl adjacent to an activating group) is 1. The maximum atomic E-state index is 12.8. The number of pyridine rings is 1. The first-order chi connectivity index (χ1) is 19.1. The van der Waals surface area contributed by atoms with Gasteiger partial charge in [-0.25, -0.2) is 0 Å². The van der Waals surface area contributed by atoms with Crippen molar-refractivity contribution in [2.45, 2.75) is 0 Å². The molecule has 3 heterocycles. The van der Waals surface area contributed by atoms with Crippen LogP contribution in [0.4, 0.5) is 0 Å². The Hall–Kier alpha value is -4.44. The van der Waals surface area contributed by atoms with Gasteiger partial charge in [0, 0.05) is 61.5 Å². The van der Waals surface area contributed by atoms with Crippen molar-refractivity contribution in [1.82, 2.24) is 14.8 Å². The highest BCUT2D eigenvalue weighted by molar-refractivity contribution is 5.85. The third-order valence-corrected chi connectivity index (χ3v) is 7.07. The molecular weight excluding hydrogens is 486 g/mol. The van der Waals surface area contributed by atoms with Crippen molar-refractivity contribution in [3.05, 3.63) is 106 Å². The van der Waals surface area contributed by atoms with Crippen LogP contribution < -0.4 is 10.2 Å². The molecule has 2 aromatic heterocycles. The lowest BCUT2D eigenvalue weighted by Gasteiger charge is -2.32. The standard InChI is InChI=1S/C33H29N3O3/c1-35-13-15-36(16-14-35)17-18-38-28-8-4-5-24(19-28)9-10-25-11-12-29-31(37)22-33(39-32(29)20-25)30-21-26-6-2-3-7-27(26)23-34-30/h2-8,11-12,19-23H,13-18H2,1H3. The van der Waals surface area contributed by atoms with Crippen molar-refractivity contribution in [2.75, 3.05) is 46.4 Å². The molecule has 1 fully saturated rings. The molecule has 6 rings (SSSR count). The summed E-state index contributed by atoms with van der Waals surface area (Å²) in [6.07, 6.45) is 1.79. The van der Waals surface area contributed by atoms with Crippen molar-refractivity contribution in [3.63, 3.8) is 0 Å². The Morgan fingerprint density at radius 2 is 1.67 bits per heavy atom. The zero-order valence-electron chi connectivity index (χ0n) is 21.9. The highest BCUT2D eigenvalue weighted by atomic mass is 16.5. The lowest BCUT2D eigenvalue weighted by atomic mass is 10.1. The summed E-state index contributed by atoms with van der Waals surface area (Å²) in [4.78, 5) is 22.1. The van der Waals surface area contributed by atoms with Gasteiger partial charge in [0.05, 0.1) is 5.39 Å². The summed E-state index contributed by atoms with van der Waals surface area (Å²) in [6, 6.07) is 24.7. The minimum atomic E-state index is -0.109. The maximum Gasteiger partial charge on any atom is 0.193 e. The predicted molar refractivity (Wildman–Crippen MR) is 155 cm³/mol. The van der Waals surface area contributed by atoms with Crippen LogP contribution in [0.1, 0.15) is 11.1 Å². The molecule has 39 heavy (non-hydrogen) atoms. The largest absolute Gasteiger partial charge is 0.492 e. The number of nitrogens with zero attached hydrogens (tertiary/aromatic N) is 3. The molecule has 0 saturated carbocycles. The van der Waals surface area contributed by atoms with Gasteiger partial charge in [-0.1, -0.05) is 42.2 Å². The maximum absolute atomic E-state index is 12.8. The fourth-order valence-corrected chi connectivity index (χ4v) is 4.75. The van der Waals surface area contributed by atoms with Crippen LogP contribution in [-0.4, -0.2) is 61.2 Å². The quantitative estimate of drug-likeness (QED) is 0.306. The van der Waals surface area contributed by atoms with Gasteiger partial charge in [-0.3, -0.25) is 14.7 Å². The van der Waals surface area contributed by atoms with Gasteiger partial charge >= 0.3 is 0 Å². The van der Waals surface area contributed by atoms with Gasteiger partial charge in [-0.2, -0.15) is 0 Å². The highest BCUT2D eigenvalue weighted by Crippen LogP contribution is 2.24. The molecule has 6 nitrogen and oxygen atoms in total. The second-order valence-electron chi connectivity index (χ2n) is 9.87. The molecule has 194 valence electrons. The van der Waals surface area contributed by atoms with Crippen LogP contribution in [0.15, 0.2) is 94.3 Å². The fourth-order valence-electron chi connectivity index (χ4n) is 4.75. The van der Waals surface area contributed by atoms with E-state index >= 15 is 0 Å². The highest BCUT2D eigenvalue weighted by Gasteiger charge is 2.13. The molecule has 0 N–H and O–H groups in total. The van der Waals surface area contributed by atoms with Crippen LogP contribution in [-0.2, 0) is 0 Å². The van der Waals surface area contributed by atoms with E-state index in [1.807, 2.05) is 66.7 Å². The molecule has 0 unspecified atom stereocenters. The minimum absolute atomic E-state index is 0.109. The molecule has 1 aliphatic rings. The van der Waals surface area contributed by atoms with E-state index in [0.29, 0.717) is 29.0 Å². The van der Waals surface area contributed by atoms with Gasteiger partial charge in [0.15, 0.2) is 11.2 Å². The number of ether oxygens (including phenoxy) is 1. The Bertz CT molecular complexity index is 1760. The van der Waals surface area contributed by atoms with E-state index in [9.17, 15) is 4.79 Å². The van der Waals surface area contributed by atoms with Crippen LogP contribution in [0.3, 0.4) is 0 Å². The molecule has 0 aliphatic carbocycles. The van der Waals surface area contributed by atoms with Crippen LogP contribution in [0.2, 0.25) is 0 Å². The normalized spacial score (nSPS) is 14.3. The molecule has 0 spiro atoms. The van der Waals surface area contributed by atoms with Crippen molar-refractivity contribution in [2.24, 2.45) is 0 Å². The number of hydrogen-bond acceptors (Lipinski definition) is 6. The minimum Gasteiger partial charge on any atom is -0.492 e. The first-order valence-corrected chi connectivity index (χ1v) is 13.2. The molecule has 0 atom stereocenters. The van der Waals surface area contributed by atoms with Crippen molar-refractivity contribution in [3.8, 4) is 29.0 Å². The van der Waals surface area contributed by atoms with Crippen molar-refractivity contribution >= 4 is 21.7 Å². The van der Waals surface area contributed by atoms with E-state index in [1.54, 1.807) is 12.3 Å². The van der Waals surface area contributed by atoms with Gasteiger partial charge in [0.2, 0.25) is 0 Å². The zero-order chi connectivity index (χ0) is 26.6. The predicted octanol–water partition coefficient (Wildman–Crippen LogP) is 5.03. The molecule has 6 heteroatoms. The summed E-state index contributed by atoms with van der Waals surface area (Å²) < 4.78 is 12.1. The number of fused-ring (bicyclic) bond motifs is 2. The topological polar surface area (TPSA) is 58.8 Å². The van der Waals surface area contributed by atoms with Crippen LogP contribution in [0.5, 0.6) is 5.75 Å². The van der Waals surface area contributed by atoms with E-state index in [1.165, 1.54) is 6.07 Å². The molecular formula is C33H29N3O3. The van der Waals surface area contributed by atoms with Gasteiger partial charge in [-0.15, -0.1) is 0 Å². The number of benzene rings is 3. The van der Waals surface area contributed by atoms with E-state index in [0.717, 1.165) is 60.4 Å². The van der Waals surface area contributed by atoms with E-state index in [4.69, 9.17) is 9.15 Å². The number of piperazine rings is 1. The second kappa shape index (κ2) is 11.1. The van der Waals surface area contributed by atoms with Gasteiger partial charge < -0.3 is 14.1 Å². The Balaban J connectivity index is 1.19. The van der Waals surface area contributed by atoms with E-state index < -0.39 is 0 Å². The zero-order valence-corrected chi connectivity index (χ0v) is 21.9. The molecule has 5 aromatic rings. The smallest absolute Gasteiger partial charge is 0.193 e. The van der Waals surface area contributed by atoms with Gasteiger partial charge in [-0.05, 0) is 54.9 Å². The summed E-state index contributed by atoms with van der Waals surface area (Å²) in [7, 11) is 2.16. The summed E-state index contributed by atoms with van der Waals surface area (Å²) in [6.45, 7) is 5.94. The summed E-state index contributed by atoms with van der Waals surface area (Å²) in [5, 5.41) is 2.59. The van der Waals surface area contributed by atoms with Crippen molar-refractivity contribution < 1.29 is 9.15 Å². The first kappa shape index (κ1) is 24.9. The summed E-state index contributed by atoms with van der Waals surface area (Å²) >= 11 is 0. The van der Waals surface area contributed by atoms with Crippen molar-refractivity contribution in [1.29, 1.82) is 0 Å². The van der Waals surface area contributed by atoms with E-state index in [-0.39, 0.29) is 5.43 Å². The molecule has 1 saturated heterocycles. The molecule has 3 aromatic carbocycles. The third-order valence-electron chi connectivity index (χ3n) is 7.07. The summed E-state index contributed by atoms with van der Waals surface area (Å²) in [5.74, 6) is 7.66. The number of aromatic nitrogens is 1. The lowest BCUT2D eigenvalue weighted by Crippen LogP contribution is -2.45. The van der Waals surface area contributed by atoms with Crippen LogP contribution >= 0.6 is 0 Å². The molecule has 0 radical (unpaired) electrons. The average Bonchev–Trinajstić information content (AvgIpc) is 2.97. The third kappa shape index (κ3) is 5.85. The lowest BCUT2D eigenvalue weighted by molar-refractivity contribution is 0.134.